The van der Waals surface area contributed by atoms with Crippen LogP contribution in [0, 0.1) is 5.92 Å². The van der Waals surface area contributed by atoms with Gasteiger partial charge >= 0.3 is 6.01 Å². The third-order valence-corrected chi connectivity index (χ3v) is 4.50. The first kappa shape index (κ1) is 14.3. The van der Waals surface area contributed by atoms with E-state index in [1.807, 2.05) is 6.07 Å². The summed E-state index contributed by atoms with van der Waals surface area (Å²) >= 11 is 0. The monoisotopic (exact) mass is 313 g/mol. The standard InChI is InChI=1S/C16H19N5O2/c1-5-17-15(18-6-1)21-9-10-22-14-12(3-4-13(14)21)11-23-16-19-7-2-8-20-16/h1-2,5-8,12-14H,3-4,9-11H2/t12-,13+,14+/m0/s1. The highest BCUT2D eigenvalue weighted by Gasteiger charge is 2.43. The fourth-order valence-corrected chi connectivity index (χ4v) is 3.47. The molecule has 1 saturated carbocycles. The van der Waals surface area contributed by atoms with Gasteiger partial charge in [-0.15, -0.1) is 0 Å². The SMILES string of the molecule is c1cnc(OC[C@@H]2CC[C@@H]3[C@@H]2OCCN3c2ncccn2)nc1. The number of hydrogen-bond donors (Lipinski definition) is 0. The van der Waals surface area contributed by atoms with Crippen molar-refractivity contribution in [3.05, 3.63) is 36.9 Å². The number of morpholine rings is 1. The quantitative estimate of drug-likeness (QED) is 0.843. The van der Waals surface area contributed by atoms with Crippen LogP contribution in [0.1, 0.15) is 12.8 Å². The van der Waals surface area contributed by atoms with Gasteiger partial charge in [0.15, 0.2) is 0 Å². The Kier molecular flexibility index (Phi) is 4.02. The molecule has 1 saturated heterocycles. The molecule has 7 heteroatoms. The van der Waals surface area contributed by atoms with Gasteiger partial charge in [-0.3, -0.25) is 0 Å². The van der Waals surface area contributed by atoms with Crippen molar-refractivity contribution in [3.8, 4) is 6.01 Å². The van der Waals surface area contributed by atoms with Crippen LogP contribution in [-0.4, -0.2) is 51.8 Å². The lowest BCUT2D eigenvalue weighted by atomic mass is 10.0. The van der Waals surface area contributed by atoms with Gasteiger partial charge in [0.05, 0.1) is 25.4 Å². The predicted octanol–water partition coefficient (Wildman–Crippen LogP) is 1.33. The smallest absolute Gasteiger partial charge is 0.316 e. The summed E-state index contributed by atoms with van der Waals surface area (Å²) in [6.45, 7) is 2.10. The first-order chi connectivity index (χ1) is 11.4. The molecule has 2 aliphatic rings. The van der Waals surface area contributed by atoms with E-state index in [2.05, 4.69) is 24.8 Å². The molecular formula is C16H19N5O2. The van der Waals surface area contributed by atoms with Crippen molar-refractivity contribution in [2.24, 2.45) is 5.92 Å². The van der Waals surface area contributed by atoms with E-state index in [1.165, 1.54) is 0 Å². The Bertz CT molecular complexity index is 627. The summed E-state index contributed by atoms with van der Waals surface area (Å²) in [5.74, 6) is 1.13. The molecule has 1 aliphatic carbocycles. The number of rotatable bonds is 4. The minimum atomic E-state index is 0.149. The van der Waals surface area contributed by atoms with Crippen LogP contribution in [0.25, 0.3) is 0 Å². The van der Waals surface area contributed by atoms with Crippen LogP contribution < -0.4 is 9.64 Å². The van der Waals surface area contributed by atoms with Crippen molar-refractivity contribution in [2.75, 3.05) is 24.7 Å². The van der Waals surface area contributed by atoms with E-state index in [1.54, 1.807) is 30.9 Å². The van der Waals surface area contributed by atoms with Gasteiger partial charge in [0.25, 0.3) is 0 Å². The second-order valence-electron chi connectivity index (χ2n) is 5.82. The summed E-state index contributed by atoms with van der Waals surface area (Å²) in [6.07, 6.45) is 9.22. The lowest BCUT2D eigenvalue weighted by molar-refractivity contribution is -0.0137. The van der Waals surface area contributed by atoms with Gasteiger partial charge in [0.1, 0.15) is 0 Å². The summed E-state index contributed by atoms with van der Waals surface area (Å²) in [5, 5.41) is 0. The molecule has 0 N–H and O–H groups in total. The van der Waals surface area contributed by atoms with E-state index in [0.29, 0.717) is 31.2 Å². The van der Waals surface area contributed by atoms with Gasteiger partial charge in [0.2, 0.25) is 5.95 Å². The van der Waals surface area contributed by atoms with Crippen molar-refractivity contribution in [3.63, 3.8) is 0 Å². The second kappa shape index (κ2) is 6.45. The highest BCUT2D eigenvalue weighted by molar-refractivity contribution is 5.33. The molecule has 7 nitrogen and oxygen atoms in total. The van der Waals surface area contributed by atoms with Crippen LogP contribution in [0.15, 0.2) is 36.9 Å². The fourth-order valence-electron chi connectivity index (χ4n) is 3.47. The average Bonchev–Trinajstić information content (AvgIpc) is 3.05. The molecular weight excluding hydrogens is 294 g/mol. The van der Waals surface area contributed by atoms with Crippen molar-refractivity contribution in [1.82, 2.24) is 19.9 Å². The van der Waals surface area contributed by atoms with Crippen LogP contribution in [0.5, 0.6) is 6.01 Å². The molecule has 4 rings (SSSR count). The fraction of sp³-hybridized carbons (Fsp3) is 0.500. The highest BCUT2D eigenvalue weighted by atomic mass is 16.5. The van der Waals surface area contributed by atoms with E-state index >= 15 is 0 Å². The zero-order valence-corrected chi connectivity index (χ0v) is 12.8. The van der Waals surface area contributed by atoms with Gasteiger partial charge in [-0.05, 0) is 25.0 Å². The first-order valence-electron chi connectivity index (χ1n) is 7.97. The minimum Gasteiger partial charge on any atom is -0.463 e. The number of anilines is 1. The molecule has 3 atom stereocenters. The zero-order valence-electron chi connectivity index (χ0n) is 12.8. The number of hydrogen-bond acceptors (Lipinski definition) is 7. The molecule has 0 bridgehead atoms. The van der Waals surface area contributed by atoms with Gasteiger partial charge in [-0.25, -0.2) is 19.9 Å². The van der Waals surface area contributed by atoms with E-state index in [4.69, 9.17) is 9.47 Å². The van der Waals surface area contributed by atoms with Gasteiger partial charge in [0, 0.05) is 37.3 Å². The molecule has 0 unspecified atom stereocenters. The summed E-state index contributed by atoms with van der Waals surface area (Å²) < 4.78 is 11.8. The number of aromatic nitrogens is 4. The summed E-state index contributed by atoms with van der Waals surface area (Å²) in [6, 6.07) is 4.36. The molecule has 3 heterocycles. The molecule has 0 amide bonds. The Morgan fingerprint density at radius 3 is 2.57 bits per heavy atom. The van der Waals surface area contributed by atoms with Crippen molar-refractivity contribution < 1.29 is 9.47 Å². The number of ether oxygens (including phenoxy) is 2. The Morgan fingerprint density at radius 1 is 1.04 bits per heavy atom. The molecule has 23 heavy (non-hydrogen) atoms. The molecule has 2 aromatic rings. The molecule has 2 aromatic heterocycles. The Balaban J connectivity index is 1.43. The third kappa shape index (κ3) is 2.96. The predicted molar refractivity (Wildman–Crippen MR) is 83.2 cm³/mol. The zero-order chi connectivity index (χ0) is 15.5. The maximum atomic E-state index is 6.04. The maximum Gasteiger partial charge on any atom is 0.316 e. The van der Waals surface area contributed by atoms with Crippen LogP contribution in [0.2, 0.25) is 0 Å². The highest BCUT2D eigenvalue weighted by Crippen LogP contribution is 2.36. The van der Waals surface area contributed by atoms with E-state index in [9.17, 15) is 0 Å². The molecule has 0 aromatic carbocycles. The van der Waals surface area contributed by atoms with Gasteiger partial charge in [-0.2, -0.15) is 0 Å². The first-order valence-corrected chi connectivity index (χ1v) is 7.97. The molecule has 0 spiro atoms. The van der Waals surface area contributed by atoms with E-state index in [-0.39, 0.29) is 6.10 Å². The summed E-state index contributed by atoms with van der Waals surface area (Å²) in [4.78, 5) is 19.3. The van der Waals surface area contributed by atoms with E-state index < -0.39 is 0 Å². The molecule has 120 valence electrons. The maximum absolute atomic E-state index is 6.04. The largest absolute Gasteiger partial charge is 0.463 e. The normalized spacial score (nSPS) is 26.8. The Hall–Kier alpha value is -2.28. The molecule has 2 fully saturated rings. The minimum absolute atomic E-state index is 0.149. The van der Waals surface area contributed by atoms with Crippen LogP contribution in [0.4, 0.5) is 5.95 Å². The van der Waals surface area contributed by atoms with Crippen molar-refractivity contribution in [2.45, 2.75) is 25.0 Å². The molecule has 1 aliphatic heterocycles. The molecule has 0 radical (unpaired) electrons. The van der Waals surface area contributed by atoms with Crippen LogP contribution in [0.3, 0.4) is 0 Å². The van der Waals surface area contributed by atoms with E-state index in [0.717, 1.165) is 25.3 Å². The number of fused-ring (bicyclic) bond motifs is 1. The Morgan fingerprint density at radius 2 is 1.78 bits per heavy atom. The van der Waals surface area contributed by atoms with Gasteiger partial charge in [-0.1, -0.05) is 0 Å². The third-order valence-electron chi connectivity index (χ3n) is 4.50. The van der Waals surface area contributed by atoms with Crippen LogP contribution in [-0.2, 0) is 4.74 Å². The van der Waals surface area contributed by atoms with Crippen molar-refractivity contribution >= 4 is 5.95 Å². The summed E-state index contributed by atoms with van der Waals surface area (Å²) in [7, 11) is 0. The number of nitrogens with zero attached hydrogens (tertiary/aromatic N) is 5. The lowest BCUT2D eigenvalue weighted by Gasteiger charge is -2.39. The Labute approximate surface area is 134 Å². The topological polar surface area (TPSA) is 73.3 Å². The van der Waals surface area contributed by atoms with Gasteiger partial charge < -0.3 is 14.4 Å². The van der Waals surface area contributed by atoms with Crippen molar-refractivity contribution in [1.29, 1.82) is 0 Å². The summed E-state index contributed by atoms with van der Waals surface area (Å²) in [5.41, 5.74) is 0. The average molecular weight is 313 g/mol. The van der Waals surface area contributed by atoms with Crippen LogP contribution >= 0.6 is 0 Å². The lowest BCUT2D eigenvalue weighted by Crippen LogP contribution is -2.51. The second-order valence-corrected chi connectivity index (χ2v) is 5.82.